The third kappa shape index (κ3) is 2.63. The maximum absolute atomic E-state index is 12.7. The van der Waals surface area contributed by atoms with Gasteiger partial charge in [0.25, 0.3) is 11.8 Å². The van der Waals surface area contributed by atoms with Crippen LogP contribution >= 0.6 is 0 Å². The highest BCUT2D eigenvalue weighted by molar-refractivity contribution is 7.92. The Morgan fingerprint density at radius 2 is 1.42 bits per heavy atom. The molecule has 2 aromatic rings. The first-order valence-electron chi connectivity index (χ1n) is 7.58. The lowest BCUT2D eigenvalue weighted by atomic mass is 10.1. The number of carbonyl (C=O) groups is 2. The fourth-order valence-electron chi connectivity index (χ4n) is 2.72. The number of amides is 2. The molecule has 1 unspecified atom stereocenters. The standard InChI is InChI=1S/C18H17NO4S/c1-12-7-9-14(10-8-12)24(22,23)13(2)11-19-17(20)15-5-3-4-6-16(15)18(19)21/h3-10,13H,11H2,1-2H3. The molecule has 1 heterocycles. The van der Waals surface area contributed by atoms with E-state index in [0.29, 0.717) is 11.1 Å². The van der Waals surface area contributed by atoms with Gasteiger partial charge in [-0.1, -0.05) is 29.8 Å². The number of hydrogen-bond acceptors (Lipinski definition) is 4. The summed E-state index contributed by atoms with van der Waals surface area (Å²) in [5.41, 5.74) is 1.60. The van der Waals surface area contributed by atoms with Gasteiger partial charge in [0.05, 0.1) is 21.3 Å². The average molecular weight is 343 g/mol. The van der Waals surface area contributed by atoms with Gasteiger partial charge in [0, 0.05) is 6.54 Å². The molecule has 6 heteroatoms. The summed E-state index contributed by atoms with van der Waals surface area (Å²) in [6, 6.07) is 13.1. The predicted molar refractivity (Wildman–Crippen MR) is 89.6 cm³/mol. The van der Waals surface area contributed by atoms with Gasteiger partial charge in [0.15, 0.2) is 9.84 Å². The summed E-state index contributed by atoms with van der Waals surface area (Å²) < 4.78 is 25.3. The number of nitrogens with zero attached hydrogens (tertiary/aromatic N) is 1. The molecule has 0 saturated heterocycles. The quantitative estimate of drug-likeness (QED) is 0.800. The van der Waals surface area contributed by atoms with Crippen LogP contribution in [-0.4, -0.2) is 36.9 Å². The summed E-state index contributed by atoms with van der Waals surface area (Å²) in [6.45, 7) is 3.22. The maximum atomic E-state index is 12.7. The van der Waals surface area contributed by atoms with Crippen LogP contribution in [0.5, 0.6) is 0 Å². The normalized spacial score (nSPS) is 15.5. The number of aryl methyl sites for hydroxylation is 1. The zero-order valence-electron chi connectivity index (χ0n) is 13.4. The van der Waals surface area contributed by atoms with Crippen molar-refractivity contribution in [2.45, 2.75) is 24.0 Å². The number of hydrogen-bond donors (Lipinski definition) is 0. The molecule has 0 aliphatic carbocycles. The van der Waals surface area contributed by atoms with Gasteiger partial charge in [0.1, 0.15) is 0 Å². The first-order valence-corrected chi connectivity index (χ1v) is 9.13. The van der Waals surface area contributed by atoms with Crippen LogP contribution in [0.3, 0.4) is 0 Å². The van der Waals surface area contributed by atoms with E-state index < -0.39 is 26.9 Å². The van der Waals surface area contributed by atoms with E-state index in [1.807, 2.05) is 6.92 Å². The van der Waals surface area contributed by atoms with Crippen molar-refractivity contribution in [3.63, 3.8) is 0 Å². The first kappa shape index (κ1) is 16.4. The zero-order valence-corrected chi connectivity index (χ0v) is 14.2. The topological polar surface area (TPSA) is 71.5 Å². The van der Waals surface area contributed by atoms with Crippen molar-refractivity contribution >= 4 is 21.7 Å². The minimum Gasteiger partial charge on any atom is -0.273 e. The van der Waals surface area contributed by atoms with Crippen LogP contribution in [0.1, 0.15) is 33.2 Å². The van der Waals surface area contributed by atoms with Crippen molar-refractivity contribution in [1.82, 2.24) is 4.90 Å². The monoisotopic (exact) mass is 343 g/mol. The number of imide groups is 1. The zero-order chi connectivity index (χ0) is 17.5. The highest BCUT2D eigenvalue weighted by Gasteiger charge is 2.38. The molecule has 0 fully saturated rings. The average Bonchev–Trinajstić information content (AvgIpc) is 2.80. The largest absolute Gasteiger partial charge is 0.273 e. The molecule has 2 aromatic carbocycles. The highest BCUT2D eigenvalue weighted by Crippen LogP contribution is 2.25. The van der Waals surface area contributed by atoms with Gasteiger partial charge in [-0.3, -0.25) is 14.5 Å². The molecule has 124 valence electrons. The van der Waals surface area contributed by atoms with Crippen molar-refractivity contribution in [2.75, 3.05) is 6.54 Å². The Balaban J connectivity index is 1.85. The van der Waals surface area contributed by atoms with Crippen molar-refractivity contribution in [1.29, 1.82) is 0 Å². The lowest BCUT2D eigenvalue weighted by Crippen LogP contribution is -2.39. The molecule has 0 saturated carbocycles. The van der Waals surface area contributed by atoms with Crippen molar-refractivity contribution in [3.05, 3.63) is 65.2 Å². The summed E-state index contributed by atoms with van der Waals surface area (Å²) in [6.07, 6.45) is 0. The summed E-state index contributed by atoms with van der Waals surface area (Å²) in [5, 5.41) is -0.887. The number of rotatable bonds is 4. The van der Waals surface area contributed by atoms with E-state index in [2.05, 4.69) is 0 Å². The molecule has 0 bridgehead atoms. The Morgan fingerprint density at radius 1 is 0.917 bits per heavy atom. The number of carbonyl (C=O) groups excluding carboxylic acids is 2. The molecule has 0 aromatic heterocycles. The van der Waals surface area contributed by atoms with E-state index in [-0.39, 0.29) is 11.4 Å². The van der Waals surface area contributed by atoms with Crippen LogP contribution in [0, 0.1) is 6.92 Å². The second-order valence-corrected chi connectivity index (χ2v) is 8.30. The Hall–Kier alpha value is -2.47. The lowest BCUT2D eigenvalue weighted by Gasteiger charge is -2.19. The summed E-state index contributed by atoms with van der Waals surface area (Å²) in [5.74, 6) is -0.886. The summed E-state index contributed by atoms with van der Waals surface area (Å²) in [7, 11) is -3.62. The molecule has 1 aliphatic rings. The van der Waals surface area contributed by atoms with Crippen LogP contribution in [0.2, 0.25) is 0 Å². The molecule has 0 radical (unpaired) electrons. The van der Waals surface area contributed by atoms with E-state index >= 15 is 0 Å². The van der Waals surface area contributed by atoms with Crippen LogP contribution in [0.4, 0.5) is 0 Å². The molecule has 1 atom stereocenters. The van der Waals surface area contributed by atoms with Gasteiger partial charge in [-0.25, -0.2) is 8.42 Å². The third-order valence-electron chi connectivity index (χ3n) is 4.20. The van der Waals surface area contributed by atoms with Crippen molar-refractivity contribution in [3.8, 4) is 0 Å². The molecule has 1 aliphatic heterocycles. The Bertz CT molecular complexity index is 881. The van der Waals surface area contributed by atoms with Crippen molar-refractivity contribution < 1.29 is 18.0 Å². The molecule has 3 rings (SSSR count). The third-order valence-corrected chi connectivity index (χ3v) is 6.33. The molecular formula is C18H17NO4S. The van der Waals surface area contributed by atoms with Crippen LogP contribution in [-0.2, 0) is 9.84 Å². The van der Waals surface area contributed by atoms with Gasteiger partial charge in [0.2, 0.25) is 0 Å². The lowest BCUT2D eigenvalue weighted by molar-refractivity contribution is 0.0655. The SMILES string of the molecule is Cc1ccc(S(=O)(=O)C(C)CN2C(=O)c3ccccc3C2=O)cc1. The highest BCUT2D eigenvalue weighted by atomic mass is 32.2. The van der Waals surface area contributed by atoms with Gasteiger partial charge in [-0.2, -0.15) is 0 Å². The molecule has 2 amide bonds. The van der Waals surface area contributed by atoms with Crippen molar-refractivity contribution in [2.24, 2.45) is 0 Å². The molecule has 0 N–H and O–H groups in total. The first-order chi connectivity index (χ1) is 11.3. The minimum atomic E-state index is -3.62. The van der Waals surface area contributed by atoms with Crippen LogP contribution in [0.25, 0.3) is 0 Å². The molecule has 0 spiro atoms. The van der Waals surface area contributed by atoms with Gasteiger partial charge < -0.3 is 0 Å². The van der Waals surface area contributed by atoms with E-state index in [9.17, 15) is 18.0 Å². The van der Waals surface area contributed by atoms with Gasteiger partial charge in [-0.05, 0) is 38.1 Å². The predicted octanol–water partition coefficient (Wildman–Crippen LogP) is 2.45. The molecule has 24 heavy (non-hydrogen) atoms. The van der Waals surface area contributed by atoms with Gasteiger partial charge in [-0.15, -0.1) is 0 Å². The number of sulfone groups is 1. The van der Waals surface area contributed by atoms with Gasteiger partial charge >= 0.3 is 0 Å². The van der Waals surface area contributed by atoms with Crippen LogP contribution < -0.4 is 0 Å². The minimum absolute atomic E-state index is 0.164. The fraction of sp³-hybridized carbons (Fsp3) is 0.222. The number of fused-ring (bicyclic) bond motifs is 1. The Labute approximate surface area is 140 Å². The van der Waals surface area contributed by atoms with E-state index in [1.54, 1.807) is 48.5 Å². The maximum Gasteiger partial charge on any atom is 0.261 e. The summed E-state index contributed by atoms with van der Waals surface area (Å²) in [4.78, 5) is 25.9. The molecular weight excluding hydrogens is 326 g/mol. The smallest absolute Gasteiger partial charge is 0.261 e. The Morgan fingerprint density at radius 3 is 1.92 bits per heavy atom. The Kier molecular flexibility index (Phi) is 4.01. The second kappa shape index (κ2) is 5.87. The van der Waals surface area contributed by atoms with Crippen LogP contribution in [0.15, 0.2) is 53.4 Å². The fourth-order valence-corrected chi connectivity index (χ4v) is 4.05. The second-order valence-electron chi connectivity index (χ2n) is 5.94. The van der Waals surface area contributed by atoms with E-state index in [1.165, 1.54) is 6.92 Å². The van der Waals surface area contributed by atoms with E-state index in [0.717, 1.165) is 10.5 Å². The number of benzene rings is 2. The van der Waals surface area contributed by atoms with E-state index in [4.69, 9.17) is 0 Å². The summed E-state index contributed by atoms with van der Waals surface area (Å²) >= 11 is 0. The molecule has 5 nitrogen and oxygen atoms in total.